The van der Waals surface area contributed by atoms with Gasteiger partial charge in [-0.05, 0) is 45.7 Å². The van der Waals surface area contributed by atoms with Crippen LogP contribution in [0.25, 0.3) is 0 Å². The van der Waals surface area contributed by atoms with Crippen molar-refractivity contribution in [3.05, 3.63) is 0 Å². The Morgan fingerprint density at radius 1 is 1.08 bits per heavy atom. The zero-order chi connectivity index (χ0) is 17.7. The lowest BCUT2D eigenvalue weighted by Gasteiger charge is -2.34. The first-order chi connectivity index (χ1) is 11.3. The number of hydrogen-bond donors (Lipinski definition) is 1. The third-order valence-electron chi connectivity index (χ3n) is 4.98. The van der Waals surface area contributed by atoms with Gasteiger partial charge in [-0.1, -0.05) is 6.42 Å². The first-order valence-corrected chi connectivity index (χ1v) is 8.67. The number of likely N-dealkylation sites (tertiary alicyclic amines) is 2. The van der Waals surface area contributed by atoms with Crippen molar-refractivity contribution in [2.45, 2.75) is 51.2 Å². The maximum Gasteiger partial charge on any atom is 0.471 e. The Morgan fingerprint density at radius 2 is 1.67 bits per heavy atom. The van der Waals surface area contributed by atoms with Crippen LogP contribution in [0.5, 0.6) is 0 Å². The molecule has 24 heavy (non-hydrogen) atoms. The molecule has 2 aliphatic rings. The molecule has 2 saturated heterocycles. The highest BCUT2D eigenvalue weighted by Gasteiger charge is 2.43. The number of hydrogen-bond acceptors (Lipinski definition) is 3. The van der Waals surface area contributed by atoms with Crippen molar-refractivity contribution in [1.82, 2.24) is 15.1 Å². The zero-order valence-corrected chi connectivity index (χ0v) is 14.1. The third kappa shape index (κ3) is 5.09. The predicted octanol–water partition coefficient (Wildman–Crippen LogP) is 1.78. The molecule has 0 bridgehead atoms. The number of amides is 2. The van der Waals surface area contributed by atoms with Crippen LogP contribution in [0.4, 0.5) is 13.2 Å². The fourth-order valence-corrected chi connectivity index (χ4v) is 3.40. The number of nitrogens with zero attached hydrogens (tertiary/aromatic N) is 2. The first kappa shape index (κ1) is 19.0. The number of carbonyl (C=O) groups excluding carboxylic acids is 2. The van der Waals surface area contributed by atoms with Gasteiger partial charge in [-0.25, -0.2) is 0 Å². The molecule has 0 aromatic carbocycles. The molecular weight excluding hydrogens is 323 g/mol. The number of carbonyl (C=O) groups is 2. The van der Waals surface area contributed by atoms with Gasteiger partial charge in [0.1, 0.15) is 0 Å². The van der Waals surface area contributed by atoms with Gasteiger partial charge in [-0.2, -0.15) is 13.2 Å². The summed E-state index contributed by atoms with van der Waals surface area (Å²) in [5.74, 6) is -2.23. The van der Waals surface area contributed by atoms with Gasteiger partial charge in [0.15, 0.2) is 0 Å². The standard InChI is InChI=1S/C16H26F3N3O2/c1-12(21-7-3-2-4-8-21)11-20-14(23)13-5-9-22(10-6-13)15(24)16(17,18)19/h12-13H,2-11H2,1H3,(H,20,23). The van der Waals surface area contributed by atoms with Crippen molar-refractivity contribution in [1.29, 1.82) is 0 Å². The van der Waals surface area contributed by atoms with Crippen LogP contribution in [-0.2, 0) is 9.59 Å². The highest BCUT2D eigenvalue weighted by Crippen LogP contribution is 2.24. The Hall–Kier alpha value is -1.31. The second kappa shape index (κ2) is 8.18. The minimum atomic E-state index is -4.83. The van der Waals surface area contributed by atoms with E-state index in [-0.39, 0.29) is 43.8 Å². The van der Waals surface area contributed by atoms with Crippen LogP contribution >= 0.6 is 0 Å². The van der Waals surface area contributed by atoms with E-state index in [0.29, 0.717) is 6.54 Å². The van der Waals surface area contributed by atoms with Crippen LogP contribution in [0, 0.1) is 5.92 Å². The highest BCUT2D eigenvalue weighted by atomic mass is 19.4. The van der Waals surface area contributed by atoms with Gasteiger partial charge >= 0.3 is 12.1 Å². The maximum absolute atomic E-state index is 12.4. The molecule has 0 aromatic heterocycles. The molecule has 0 radical (unpaired) electrons. The number of nitrogens with one attached hydrogen (secondary N) is 1. The van der Waals surface area contributed by atoms with Crippen LogP contribution in [0.3, 0.4) is 0 Å². The van der Waals surface area contributed by atoms with Crippen LogP contribution in [-0.4, -0.2) is 66.6 Å². The Balaban J connectivity index is 1.71. The van der Waals surface area contributed by atoms with Gasteiger partial charge in [0.25, 0.3) is 0 Å². The molecule has 1 unspecified atom stereocenters. The number of alkyl halides is 3. The lowest BCUT2D eigenvalue weighted by molar-refractivity contribution is -0.186. The average molecular weight is 349 g/mol. The van der Waals surface area contributed by atoms with Gasteiger partial charge in [0.05, 0.1) is 0 Å². The van der Waals surface area contributed by atoms with Crippen molar-refractivity contribution in [3.63, 3.8) is 0 Å². The Labute approximate surface area is 140 Å². The van der Waals surface area contributed by atoms with E-state index in [9.17, 15) is 22.8 Å². The molecule has 8 heteroatoms. The number of halogens is 3. The fourth-order valence-electron chi connectivity index (χ4n) is 3.40. The molecule has 0 spiro atoms. The monoisotopic (exact) mass is 349 g/mol. The minimum absolute atomic E-state index is 0.0158. The summed E-state index contributed by atoms with van der Waals surface area (Å²) >= 11 is 0. The van der Waals surface area contributed by atoms with E-state index in [2.05, 4.69) is 17.1 Å². The molecule has 1 N–H and O–H groups in total. The van der Waals surface area contributed by atoms with Gasteiger partial charge in [-0.15, -0.1) is 0 Å². The van der Waals surface area contributed by atoms with E-state index in [1.807, 2.05) is 0 Å². The Morgan fingerprint density at radius 3 is 2.21 bits per heavy atom. The highest BCUT2D eigenvalue weighted by molar-refractivity contribution is 5.83. The summed E-state index contributed by atoms with van der Waals surface area (Å²) in [7, 11) is 0. The zero-order valence-electron chi connectivity index (χ0n) is 14.1. The van der Waals surface area contributed by atoms with Crippen LogP contribution < -0.4 is 5.32 Å². The number of rotatable bonds is 4. The lowest BCUT2D eigenvalue weighted by Crippen LogP contribution is -2.49. The second-order valence-electron chi connectivity index (χ2n) is 6.76. The molecule has 2 aliphatic heterocycles. The molecule has 138 valence electrons. The molecule has 2 amide bonds. The summed E-state index contributed by atoms with van der Waals surface area (Å²) in [5, 5.41) is 2.92. The molecule has 2 rings (SSSR count). The summed E-state index contributed by atoms with van der Waals surface area (Å²) in [6, 6.07) is 0.265. The molecule has 1 atom stereocenters. The summed E-state index contributed by atoms with van der Waals surface area (Å²) in [4.78, 5) is 26.5. The largest absolute Gasteiger partial charge is 0.471 e. The van der Waals surface area contributed by atoms with Gasteiger partial charge in [-0.3, -0.25) is 14.5 Å². The smallest absolute Gasteiger partial charge is 0.354 e. The predicted molar refractivity (Wildman–Crippen MR) is 83.3 cm³/mol. The minimum Gasteiger partial charge on any atom is -0.354 e. The molecule has 2 heterocycles. The first-order valence-electron chi connectivity index (χ1n) is 8.67. The molecule has 5 nitrogen and oxygen atoms in total. The van der Waals surface area contributed by atoms with E-state index in [1.54, 1.807) is 0 Å². The van der Waals surface area contributed by atoms with Crippen molar-refractivity contribution >= 4 is 11.8 Å². The summed E-state index contributed by atoms with van der Waals surface area (Å²) in [5.41, 5.74) is 0. The topological polar surface area (TPSA) is 52.7 Å². The Bertz CT molecular complexity index is 442. The Kier molecular flexibility index (Phi) is 6.48. The summed E-state index contributed by atoms with van der Waals surface area (Å²) in [6.07, 6.45) is -0.644. The van der Waals surface area contributed by atoms with Crippen molar-refractivity contribution in [2.75, 3.05) is 32.7 Å². The van der Waals surface area contributed by atoms with Crippen LogP contribution in [0.1, 0.15) is 39.0 Å². The molecule has 0 saturated carbocycles. The SMILES string of the molecule is CC(CNC(=O)C1CCN(C(=O)C(F)(F)F)CC1)N1CCCCC1. The van der Waals surface area contributed by atoms with E-state index < -0.39 is 12.1 Å². The van der Waals surface area contributed by atoms with Gasteiger partial charge in [0.2, 0.25) is 5.91 Å². The third-order valence-corrected chi connectivity index (χ3v) is 4.98. The van der Waals surface area contributed by atoms with Crippen molar-refractivity contribution in [3.8, 4) is 0 Å². The normalized spacial score (nSPS) is 22.2. The van der Waals surface area contributed by atoms with E-state index in [4.69, 9.17) is 0 Å². The second-order valence-corrected chi connectivity index (χ2v) is 6.76. The maximum atomic E-state index is 12.4. The molecular formula is C16H26F3N3O2. The summed E-state index contributed by atoms with van der Waals surface area (Å²) in [6.45, 7) is 4.71. The van der Waals surface area contributed by atoms with Crippen LogP contribution in [0.2, 0.25) is 0 Å². The van der Waals surface area contributed by atoms with E-state index in [1.165, 1.54) is 19.3 Å². The molecule has 2 fully saturated rings. The molecule has 0 aromatic rings. The molecule has 0 aliphatic carbocycles. The van der Waals surface area contributed by atoms with Crippen molar-refractivity contribution in [2.24, 2.45) is 5.92 Å². The number of piperidine rings is 2. The van der Waals surface area contributed by atoms with E-state index >= 15 is 0 Å². The summed E-state index contributed by atoms with van der Waals surface area (Å²) < 4.78 is 37.2. The van der Waals surface area contributed by atoms with Crippen molar-refractivity contribution < 1.29 is 22.8 Å². The fraction of sp³-hybridized carbons (Fsp3) is 0.875. The van der Waals surface area contributed by atoms with Gasteiger partial charge in [0, 0.05) is 31.6 Å². The van der Waals surface area contributed by atoms with Crippen LogP contribution in [0.15, 0.2) is 0 Å². The lowest BCUT2D eigenvalue weighted by atomic mass is 9.95. The van der Waals surface area contributed by atoms with E-state index in [0.717, 1.165) is 18.0 Å². The van der Waals surface area contributed by atoms with Gasteiger partial charge < -0.3 is 10.2 Å². The quantitative estimate of drug-likeness (QED) is 0.842. The average Bonchev–Trinajstić information content (AvgIpc) is 2.58.